The van der Waals surface area contributed by atoms with E-state index in [2.05, 4.69) is 68.6 Å². The van der Waals surface area contributed by atoms with Crippen LogP contribution in [-0.2, 0) is 4.43 Å². The molecule has 0 aromatic heterocycles. The molecule has 0 saturated heterocycles. The Morgan fingerprint density at radius 3 is 1.88 bits per heavy atom. The van der Waals surface area contributed by atoms with Gasteiger partial charge in [0.05, 0.1) is 0 Å². The molecule has 1 aromatic carbocycles. The number of hydrogen-bond donors (Lipinski definition) is 0. The zero-order chi connectivity index (χ0) is 12.5. The number of hydrogen-bond acceptors (Lipinski definition) is 1. The van der Waals surface area contributed by atoms with Crippen LogP contribution in [0.5, 0.6) is 0 Å². The van der Waals surface area contributed by atoms with Gasteiger partial charge in [-0.3, -0.25) is 0 Å². The minimum absolute atomic E-state index is 1.08. The molecule has 1 nitrogen and oxygen atoms in total. The Hall–Kier alpha value is -0.350. The van der Waals surface area contributed by atoms with Crippen LogP contribution in [0, 0.1) is 20.8 Å². The summed E-state index contributed by atoms with van der Waals surface area (Å²) in [7, 11) is -1.50. The average molecular weight is 293 g/mol. The second kappa shape index (κ2) is 4.88. The van der Waals surface area contributed by atoms with Crippen molar-refractivity contribution in [1.29, 1.82) is 0 Å². The number of aryl methyl sites for hydroxylation is 3. The first-order valence-electron chi connectivity index (χ1n) is 5.56. The molecule has 0 aliphatic heterocycles. The maximum atomic E-state index is 6.08. The minimum atomic E-state index is -1.50. The van der Waals surface area contributed by atoms with Crippen LogP contribution in [0.25, 0.3) is 0 Å². The molecule has 0 fully saturated rings. The predicted molar refractivity (Wildman–Crippen MR) is 74.9 cm³/mol. The SMILES string of the molecule is Cc1cc(C)c([C](=[Ge])O[Si](C)(C)C)c(C)c1. The third-order valence-electron chi connectivity index (χ3n) is 2.31. The molecule has 0 amide bonds. The van der Waals surface area contributed by atoms with Crippen LogP contribution < -0.4 is 0 Å². The first-order valence-corrected chi connectivity index (χ1v) is 10.0. The van der Waals surface area contributed by atoms with Gasteiger partial charge in [-0.15, -0.1) is 0 Å². The zero-order valence-corrected chi connectivity index (χ0v) is 14.2. The third-order valence-corrected chi connectivity index (χ3v) is 4.30. The van der Waals surface area contributed by atoms with Gasteiger partial charge in [-0.25, -0.2) is 0 Å². The molecule has 0 aliphatic carbocycles. The standard InChI is InChI=1S/C13H20GeOSi/c1-9-7-10(2)12(11(3)8-9)13(14)15-16(4,5)6/h7-8H,1-6H3. The van der Waals surface area contributed by atoms with E-state index in [-0.39, 0.29) is 0 Å². The Morgan fingerprint density at radius 1 is 1.06 bits per heavy atom. The predicted octanol–water partition coefficient (Wildman–Crippen LogP) is 3.11. The van der Waals surface area contributed by atoms with Crippen molar-refractivity contribution in [3.05, 3.63) is 34.4 Å². The van der Waals surface area contributed by atoms with Gasteiger partial charge in [-0.2, -0.15) is 0 Å². The van der Waals surface area contributed by atoms with Gasteiger partial charge in [0.25, 0.3) is 0 Å². The molecule has 0 unspecified atom stereocenters. The van der Waals surface area contributed by atoms with E-state index in [1.807, 2.05) is 0 Å². The Balaban J connectivity index is 3.10. The van der Waals surface area contributed by atoms with Crippen LogP contribution in [0.4, 0.5) is 0 Å². The Bertz CT molecular complexity index is 395. The van der Waals surface area contributed by atoms with E-state index in [4.69, 9.17) is 4.43 Å². The average Bonchev–Trinajstić information content (AvgIpc) is 1.96. The van der Waals surface area contributed by atoms with Crippen molar-refractivity contribution in [3.8, 4) is 0 Å². The summed E-state index contributed by atoms with van der Waals surface area (Å²) < 4.78 is 7.16. The molecular weight excluding hydrogens is 273 g/mol. The summed E-state index contributed by atoms with van der Waals surface area (Å²) in [6.45, 7) is 13.1. The van der Waals surface area contributed by atoms with Crippen molar-refractivity contribution in [2.45, 2.75) is 40.4 Å². The van der Waals surface area contributed by atoms with Crippen molar-refractivity contribution in [2.24, 2.45) is 0 Å². The monoisotopic (exact) mass is 294 g/mol. The van der Waals surface area contributed by atoms with Gasteiger partial charge in [0, 0.05) is 0 Å². The zero-order valence-electron chi connectivity index (χ0n) is 11.1. The summed E-state index contributed by atoms with van der Waals surface area (Å²) in [6, 6.07) is 4.44. The molecule has 0 aliphatic rings. The molecule has 0 saturated carbocycles. The Labute approximate surface area is 108 Å². The summed E-state index contributed by atoms with van der Waals surface area (Å²) in [5.41, 5.74) is 5.23. The summed E-state index contributed by atoms with van der Waals surface area (Å²) in [4.78, 5) is 0. The van der Waals surface area contributed by atoms with Crippen LogP contribution in [0.2, 0.25) is 19.6 Å². The summed E-state index contributed by atoms with van der Waals surface area (Å²) in [5, 5.41) is 0. The second-order valence-electron chi connectivity index (χ2n) is 5.32. The third kappa shape index (κ3) is 3.59. The number of benzene rings is 1. The molecule has 3 heteroatoms. The van der Waals surface area contributed by atoms with Gasteiger partial charge in [-0.1, -0.05) is 0 Å². The van der Waals surface area contributed by atoms with Crippen LogP contribution in [0.15, 0.2) is 12.1 Å². The van der Waals surface area contributed by atoms with E-state index in [0.717, 1.165) is 4.54 Å². The molecule has 16 heavy (non-hydrogen) atoms. The molecule has 0 spiro atoms. The molecule has 0 heterocycles. The summed E-state index contributed by atoms with van der Waals surface area (Å²) in [6.07, 6.45) is 0. The van der Waals surface area contributed by atoms with Crippen molar-refractivity contribution in [3.63, 3.8) is 0 Å². The summed E-state index contributed by atoms with van der Waals surface area (Å²) >= 11 is 2.09. The van der Waals surface area contributed by atoms with Crippen molar-refractivity contribution in [1.82, 2.24) is 0 Å². The van der Waals surface area contributed by atoms with E-state index in [0.29, 0.717) is 0 Å². The molecule has 0 atom stereocenters. The van der Waals surface area contributed by atoms with Crippen LogP contribution >= 0.6 is 0 Å². The molecular formula is C13H20GeOSi. The van der Waals surface area contributed by atoms with Crippen LogP contribution in [-0.4, -0.2) is 28.9 Å². The fraction of sp³-hybridized carbons (Fsp3) is 0.462. The maximum absolute atomic E-state index is 6.08. The molecule has 2 radical (unpaired) electrons. The van der Waals surface area contributed by atoms with E-state index in [1.54, 1.807) is 0 Å². The van der Waals surface area contributed by atoms with Crippen LogP contribution in [0.1, 0.15) is 22.3 Å². The van der Waals surface area contributed by atoms with Crippen molar-refractivity contribution < 1.29 is 4.43 Å². The second-order valence-corrected chi connectivity index (χ2v) is 10.7. The van der Waals surface area contributed by atoms with Gasteiger partial charge < -0.3 is 0 Å². The van der Waals surface area contributed by atoms with Gasteiger partial charge in [-0.05, 0) is 0 Å². The summed E-state index contributed by atoms with van der Waals surface area (Å²) in [5.74, 6) is 0. The van der Waals surface area contributed by atoms with Crippen molar-refractivity contribution >= 4 is 28.9 Å². The quantitative estimate of drug-likeness (QED) is 0.778. The molecule has 1 aromatic rings. The molecule has 86 valence electrons. The van der Waals surface area contributed by atoms with Crippen LogP contribution in [0.3, 0.4) is 0 Å². The number of rotatable bonds is 3. The molecule has 1 rings (SSSR count). The topological polar surface area (TPSA) is 9.23 Å². The molecule has 0 N–H and O–H groups in total. The van der Waals surface area contributed by atoms with E-state index < -0.39 is 8.32 Å². The normalized spacial score (nSPS) is 11.4. The Morgan fingerprint density at radius 2 is 1.50 bits per heavy atom. The van der Waals surface area contributed by atoms with E-state index in [9.17, 15) is 0 Å². The first kappa shape index (κ1) is 13.7. The van der Waals surface area contributed by atoms with Gasteiger partial charge in [0.15, 0.2) is 0 Å². The van der Waals surface area contributed by atoms with E-state index in [1.165, 1.54) is 22.3 Å². The van der Waals surface area contributed by atoms with E-state index >= 15 is 0 Å². The fourth-order valence-electron chi connectivity index (χ4n) is 1.90. The van der Waals surface area contributed by atoms with Crippen molar-refractivity contribution in [2.75, 3.05) is 0 Å². The van der Waals surface area contributed by atoms with Gasteiger partial charge >= 0.3 is 108 Å². The molecule has 0 bridgehead atoms. The van der Waals surface area contributed by atoms with Gasteiger partial charge in [0.1, 0.15) is 0 Å². The fourth-order valence-corrected chi connectivity index (χ4v) is 5.36. The Kier molecular flexibility index (Phi) is 4.18. The van der Waals surface area contributed by atoms with Gasteiger partial charge in [0.2, 0.25) is 0 Å². The first-order chi connectivity index (χ1) is 7.20.